The van der Waals surface area contributed by atoms with Crippen LogP contribution >= 0.6 is 0 Å². The van der Waals surface area contributed by atoms with Crippen molar-refractivity contribution >= 4 is 28.0 Å². The SMILES string of the molecule is O=C(CCc1nc2ccccc2[nH]c1=O)N1CCC(c2nc3ccccc3o2)CC1. The summed E-state index contributed by atoms with van der Waals surface area (Å²) in [6, 6.07) is 15.2. The summed E-state index contributed by atoms with van der Waals surface area (Å²) in [4.78, 5) is 38.6. The second-order valence-corrected chi connectivity index (χ2v) is 7.70. The zero-order valence-electron chi connectivity index (χ0n) is 16.5. The van der Waals surface area contributed by atoms with Crippen LogP contribution in [0.3, 0.4) is 0 Å². The summed E-state index contributed by atoms with van der Waals surface area (Å²) in [6.07, 6.45) is 2.27. The van der Waals surface area contributed by atoms with Crippen molar-refractivity contribution in [2.24, 2.45) is 0 Å². The summed E-state index contributed by atoms with van der Waals surface area (Å²) in [5.41, 5.74) is 3.30. The number of piperidine rings is 1. The summed E-state index contributed by atoms with van der Waals surface area (Å²) in [6.45, 7) is 1.34. The number of hydrogen-bond donors (Lipinski definition) is 1. The lowest BCUT2D eigenvalue weighted by atomic mass is 9.96. The van der Waals surface area contributed by atoms with Gasteiger partial charge < -0.3 is 14.3 Å². The van der Waals surface area contributed by atoms with E-state index in [9.17, 15) is 9.59 Å². The molecule has 30 heavy (non-hydrogen) atoms. The lowest BCUT2D eigenvalue weighted by Crippen LogP contribution is -2.38. The van der Waals surface area contributed by atoms with Crippen molar-refractivity contribution in [3.8, 4) is 0 Å². The fourth-order valence-electron chi connectivity index (χ4n) is 4.06. The highest BCUT2D eigenvalue weighted by Crippen LogP contribution is 2.30. The first-order valence-electron chi connectivity index (χ1n) is 10.3. The molecule has 0 saturated carbocycles. The zero-order chi connectivity index (χ0) is 20.5. The number of nitrogens with zero attached hydrogens (tertiary/aromatic N) is 3. The van der Waals surface area contributed by atoms with Crippen molar-refractivity contribution in [1.82, 2.24) is 19.9 Å². The molecule has 1 amide bonds. The molecule has 0 atom stereocenters. The molecule has 0 unspecified atom stereocenters. The third kappa shape index (κ3) is 3.58. The van der Waals surface area contributed by atoms with Crippen LogP contribution in [0.25, 0.3) is 22.1 Å². The molecule has 0 aliphatic carbocycles. The number of nitrogens with one attached hydrogen (secondary N) is 1. The van der Waals surface area contributed by atoms with Gasteiger partial charge in [-0.25, -0.2) is 9.97 Å². The fraction of sp³-hybridized carbons (Fsp3) is 0.304. The van der Waals surface area contributed by atoms with Crippen LogP contribution in [0.1, 0.15) is 36.8 Å². The largest absolute Gasteiger partial charge is 0.440 e. The van der Waals surface area contributed by atoms with Crippen molar-refractivity contribution in [2.45, 2.75) is 31.6 Å². The van der Waals surface area contributed by atoms with Gasteiger partial charge in [0.05, 0.1) is 11.0 Å². The van der Waals surface area contributed by atoms with Crippen molar-refractivity contribution in [2.75, 3.05) is 13.1 Å². The molecule has 7 nitrogen and oxygen atoms in total. The number of fused-ring (bicyclic) bond motifs is 2. The molecule has 1 aliphatic heterocycles. The number of rotatable bonds is 4. The van der Waals surface area contributed by atoms with E-state index in [1.54, 1.807) is 0 Å². The first kappa shape index (κ1) is 18.5. The molecule has 5 rings (SSSR count). The maximum Gasteiger partial charge on any atom is 0.270 e. The second kappa shape index (κ2) is 7.74. The molecule has 1 aliphatic rings. The number of aromatic nitrogens is 3. The molecule has 152 valence electrons. The number of hydrogen-bond acceptors (Lipinski definition) is 5. The molecular weight excluding hydrogens is 380 g/mol. The quantitative estimate of drug-likeness (QED) is 0.565. The number of aryl methyl sites for hydroxylation is 1. The molecule has 2 aromatic heterocycles. The number of carbonyl (C=O) groups is 1. The van der Waals surface area contributed by atoms with Gasteiger partial charge in [-0.2, -0.15) is 0 Å². The molecule has 1 saturated heterocycles. The Morgan fingerprint density at radius 3 is 2.57 bits per heavy atom. The molecule has 1 fully saturated rings. The van der Waals surface area contributed by atoms with Gasteiger partial charge in [0.25, 0.3) is 5.56 Å². The van der Waals surface area contributed by atoms with E-state index in [1.807, 2.05) is 53.4 Å². The van der Waals surface area contributed by atoms with Gasteiger partial charge in [0.2, 0.25) is 5.91 Å². The number of likely N-dealkylation sites (tertiary alicyclic amines) is 1. The van der Waals surface area contributed by atoms with Gasteiger partial charge in [-0.3, -0.25) is 9.59 Å². The number of H-pyrrole nitrogens is 1. The third-order valence-corrected chi connectivity index (χ3v) is 5.75. The van der Waals surface area contributed by atoms with Gasteiger partial charge in [-0.1, -0.05) is 24.3 Å². The van der Waals surface area contributed by atoms with Crippen LogP contribution in [0.15, 0.2) is 57.7 Å². The van der Waals surface area contributed by atoms with Crippen LogP contribution in [0.4, 0.5) is 0 Å². The van der Waals surface area contributed by atoms with Crippen LogP contribution in [-0.4, -0.2) is 38.8 Å². The van der Waals surface area contributed by atoms with E-state index >= 15 is 0 Å². The van der Waals surface area contributed by atoms with E-state index in [4.69, 9.17) is 4.42 Å². The summed E-state index contributed by atoms with van der Waals surface area (Å²) in [7, 11) is 0. The molecule has 3 heterocycles. The maximum absolute atomic E-state index is 12.7. The van der Waals surface area contributed by atoms with Crippen molar-refractivity contribution in [3.05, 3.63) is 70.5 Å². The lowest BCUT2D eigenvalue weighted by Gasteiger charge is -2.30. The highest BCUT2D eigenvalue weighted by atomic mass is 16.3. The molecule has 4 aromatic rings. The van der Waals surface area contributed by atoms with Crippen LogP contribution in [0, 0.1) is 0 Å². The van der Waals surface area contributed by atoms with E-state index < -0.39 is 0 Å². The fourth-order valence-corrected chi connectivity index (χ4v) is 4.06. The normalized spacial score (nSPS) is 15.1. The summed E-state index contributed by atoms with van der Waals surface area (Å²) in [5, 5.41) is 0. The number of para-hydroxylation sites is 4. The number of benzene rings is 2. The van der Waals surface area contributed by atoms with E-state index in [0.717, 1.165) is 35.3 Å². The average Bonchev–Trinajstić information content (AvgIpc) is 3.22. The highest BCUT2D eigenvalue weighted by molar-refractivity contribution is 5.77. The van der Waals surface area contributed by atoms with Gasteiger partial charge in [0.1, 0.15) is 11.2 Å². The second-order valence-electron chi connectivity index (χ2n) is 7.70. The first-order chi connectivity index (χ1) is 14.7. The summed E-state index contributed by atoms with van der Waals surface area (Å²) < 4.78 is 5.90. The number of oxazole rings is 1. The minimum Gasteiger partial charge on any atom is -0.440 e. The van der Waals surface area contributed by atoms with Gasteiger partial charge in [0, 0.05) is 31.8 Å². The van der Waals surface area contributed by atoms with Gasteiger partial charge in [-0.15, -0.1) is 0 Å². The summed E-state index contributed by atoms with van der Waals surface area (Å²) >= 11 is 0. The molecule has 0 bridgehead atoms. The predicted molar refractivity (Wildman–Crippen MR) is 113 cm³/mol. The summed E-state index contributed by atoms with van der Waals surface area (Å²) in [5.74, 6) is 1.04. The standard InChI is InChI=1S/C23H22N4O3/c28-21(10-9-19-22(29)25-17-6-2-1-5-16(17)24-19)27-13-11-15(12-14-27)23-26-18-7-3-4-8-20(18)30-23/h1-8,15H,9-14H2,(H,25,29). The Bertz CT molecular complexity index is 1240. The van der Waals surface area contributed by atoms with Crippen LogP contribution in [-0.2, 0) is 11.2 Å². The van der Waals surface area contributed by atoms with Gasteiger partial charge >= 0.3 is 0 Å². The smallest absolute Gasteiger partial charge is 0.270 e. The third-order valence-electron chi connectivity index (χ3n) is 5.75. The van der Waals surface area contributed by atoms with E-state index in [-0.39, 0.29) is 23.8 Å². The van der Waals surface area contributed by atoms with Crippen LogP contribution in [0.5, 0.6) is 0 Å². The molecular formula is C23H22N4O3. The Kier molecular flexibility index (Phi) is 4.78. The minimum atomic E-state index is -0.226. The van der Waals surface area contributed by atoms with Gasteiger partial charge in [0.15, 0.2) is 11.5 Å². The Labute approximate surface area is 172 Å². The first-order valence-corrected chi connectivity index (χ1v) is 10.3. The van der Waals surface area contributed by atoms with Crippen molar-refractivity contribution < 1.29 is 9.21 Å². The Hall–Kier alpha value is -3.48. The monoisotopic (exact) mass is 402 g/mol. The van der Waals surface area contributed by atoms with Gasteiger partial charge in [-0.05, 0) is 37.1 Å². The Balaban J connectivity index is 1.20. The molecule has 7 heteroatoms. The zero-order valence-corrected chi connectivity index (χ0v) is 16.5. The number of aromatic amines is 1. The van der Waals surface area contributed by atoms with E-state index in [1.165, 1.54) is 0 Å². The average molecular weight is 402 g/mol. The maximum atomic E-state index is 12.7. The van der Waals surface area contributed by atoms with E-state index in [0.29, 0.717) is 30.7 Å². The van der Waals surface area contributed by atoms with Crippen molar-refractivity contribution in [1.29, 1.82) is 0 Å². The molecule has 2 aromatic carbocycles. The highest BCUT2D eigenvalue weighted by Gasteiger charge is 2.27. The Morgan fingerprint density at radius 2 is 1.77 bits per heavy atom. The minimum absolute atomic E-state index is 0.0559. The molecule has 0 spiro atoms. The van der Waals surface area contributed by atoms with Crippen LogP contribution < -0.4 is 5.56 Å². The molecule has 1 N–H and O–H groups in total. The number of carbonyl (C=O) groups excluding carboxylic acids is 1. The van der Waals surface area contributed by atoms with Crippen molar-refractivity contribution in [3.63, 3.8) is 0 Å². The van der Waals surface area contributed by atoms with E-state index in [2.05, 4.69) is 15.0 Å². The molecule has 0 radical (unpaired) electrons. The predicted octanol–water partition coefficient (Wildman–Crippen LogP) is 3.40. The lowest BCUT2D eigenvalue weighted by molar-refractivity contribution is -0.132. The topological polar surface area (TPSA) is 92.1 Å². The van der Waals surface area contributed by atoms with Crippen LogP contribution in [0.2, 0.25) is 0 Å². The number of amides is 1. The Morgan fingerprint density at radius 1 is 1.03 bits per heavy atom.